The fraction of sp³-hybridized carbons (Fsp3) is 0.241. The second-order valence-corrected chi connectivity index (χ2v) is 10.6. The van der Waals surface area contributed by atoms with Gasteiger partial charge in [-0.25, -0.2) is 4.98 Å². The first-order chi connectivity index (χ1) is 18.5. The van der Waals surface area contributed by atoms with E-state index in [9.17, 15) is 14.7 Å². The predicted octanol–water partition coefficient (Wildman–Crippen LogP) is 4.18. The summed E-state index contributed by atoms with van der Waals surface area (Å²) in [6.07, 6.45) is 3.44. The van der Waals surface area contributed by atoms with Gasteiger partial charge in [0.15, 0.2) is 6.23 Å². The highest BCUT2D eigenvalue weighted by Crippen LogP contribution is 2.43. The summed E-state index contributed by atoms with van der Waals surface area (Å²) in [4.78, 5) is 37.3. The zero-order chi connectivity index (χ0) is 26.2. The van der Waals surface area contributed by atoms with E-state index in [4.69, 9.17) is 4.98 Å². The molecule has 1 atom stereocenters. The number of nitrogens with one attached hydrogen (secondary N) is 2. The van der Waals surface area contributed by atoms with Gasteiger partial charge in [0.2, 0.25) is 0 Å². The topological polar surface area (TPSA) is 107 Å². The van der Waals surface area contributed by atoms with Gasteiger partial charge >= 0.3 is 0 Å². The second-order valence-electron chi connectivity index (χ2n) is 9.51. The standard InChI is InChI=1S/C29H27N5O3S/c1-30-27(35)22-12-9-18(16-31-22)21-6-4-7-23(33-21)29(37)34-14-13-17-15-25(28(36)32-19-10-11-19)38-26(17)20-5-2-3-8-24(20)34/h2-9,12,15-16,19,29,37H,10-11,13-14H2,1H3,(H,30,35)(H,32,36). The van der Waals surface area contributed by atoms with Crippen molar-refractivity contribution in [3.8, 4) is 21.7 Å². The minimum absolute atomic E-state index is 0.00111. The molecule has 1 aliphatic heterocycles. The maximum atomic E-state index is 12.7. The molecule has 1 aromatic carbocycles. The highest BCUT2D eigenvalue weighted by Gasteiger charge is 2.29. The molecule has 38 heavy (non-hydrogen) atoms. The van der Waals surface area contributed by atoms with E-state index < -0.39 is 6.23 Å². The Balaban J connectivity index is 1.29. The van der Waals surface area contributed by atoms with Crippen molar-refractivity contribution in [3.05, 3.63) is 88.7 Å². The Hall–Kier alpha value is -4.08. The molecule has 0 bridgehead atoms. The molecule has 1 fully saturated rings. The average Bonchev–Trinajstić information content (AvgIpc) is 3.70. The van der Waals surface area contributed by atoms with Crippen LogP contribution in [0.2, 0.25) is 0 Å². The van der Waals surface area contributed by atoms with Crippen LogP contribution in [0.25, 0.3) is 21.7 Å². The largest absolute Gasteiger partial charge is 0.368 e. The van der Waals surface area contributed by atoms with Crippen molar-refractivity contribution in [2.45, 2.75) is 31.5 Å². The number of carbonyl (C=O) groups is 2. The lowest BCUT2D eigenvalue weighted by Gasteiger charge is -2.30. The van der Waals surface area contributed by atoms with E-state index >= 15 is 0 Å². The van der Waals surface area contributed by atoms with Gasteiger partial charge in [0.05, 0.1) is 16.3 Å². The van der Waals surface area contributed by atoms with E-state index in [2.05, 4.69) is 15.6 Å². The number of para-hydroxylation sites is 1. The van der Waals surface area contributed by atoms with Crippen LogP contribution in [0.1, 0.15) is 50.5 Å². The molecule has 9 heteroatoms. The van der Waals surface area contributed by atoms with Crippen molar-refractivity contribution >= 4 is 28.8 Å². The number of pyridine rings is 2. The fourth-order valence-corrected chi connectivity index (χ4v) is 5.84. The zero-order valence-corrected chi connectivity index (χ0v) is 21.7. The number of aliphatic hydroxyl groups is 1. The number of anilines is 1. The van der Waals surface area contributed by atoms with Crippen molar-refractivity contribution in [1.82, 2.24) is 20.6 Å². The molecule has 3 N–H and O–H groups in total. The highest BCUT2D eigenvalue weighted by atomic mass is 32.1. The number of amides is 2. The van der Waals surface area contributed by atoms with E-state index in [1.165, 1.54) is 11.3 Å². The third-order valence-corrected chi connectivity index (χ3v) is 8.08. The summed E-state index contributed by atoms with van der Waals surface area (Å²) in [7, 11) is 1.56. The van der Waals surface area contributed by atoms with Gasteiger partial charge in [-0.05, 0) is 61.2 Å². The Morgan fingerprint density at radius 2 is 1.92 bits per heavy atom. The lowest BCUT2D eigenvalue weighted by Crippen LogP contribution is -2.31. The smallest absolute Gasteiger partial charge is 0.269 e. The maximum Gasteiger partial charge on any atom is 0.269 e. The summed E-state index contributed by atoms with van der Waals surface area (Å²) in [6.45, 7) is 0.569. The minimum Gasteiger partial charge on any atom is -0.368 e. The number of rotatable bonds is 6. The van der Waals surface area contributed by atoms with Crippen molar-refractivity contribution in [2.24, 2.45) is 0 Å². The SMILES string of the molecule is CNC(=O)c1ccc(-c2cccc(C(O)N3CCc4cc(C(=O)NC5CC5)sc4-c4ccccc43)n2)cn1. The van der Waals surface area contributed by atoms with Crippen LogP contribution in [-0.2, 0) is 6.42 Å². The molecular formula is C29H27N5O3S. The van der Waals surface area contributed by atoms with Crippen LogP contribution in [0.3, 0.4) is 0 Å². The summed E-state index contributed by atoms with van der Waals surface area (Å²) in [5.41, 5.74) is 5.27. The molecule has 6 rings (SSSR count). The van der Waals surface area contributed by atoms with Crippen molar-refractivity contribution < 1.29 is 14.7 Å². The Bertz CT molecular complexity index is 1510. The molecule has 0 saturated heterocycles. The number of aliphatic hydroxyl groups excluding tert-OH is 1. The number of aromatic nitrogens is 2. The summed E-state index contributed by atoms with van der Waals surface area (Å²) >= 11 is 1.51. The van der Waals surface area contributed by atoms with Crippen LogP contribution < -0.4 is 15.5 Å². The molecule has 4 aromatic rings. The quantitative estimate of drug-likeness (QED) is 0.349. The molecule has 1 unspecified atom stereocenters. The molecule has 4 heterocycles. The van der Waals surface area contributed by atoms with Gasteiger partial charge in [-0.15, -0.1) is 11.3 Å². The minimum atomic E-state index is -0.971. The van der Waals surface area contributed by atoms with Gasteiger partial charge in [0.25, 0.3) is 11.8 Å². The monoisotopic (exact) mass is 525 g/mol. The molecule has 192 valence electrons. The zero-order valence-electron chi connectivity index (χ0n) is 20.8. The maximum absolute atomic E-state index is 12.7. The van der Waals surface area contributed by atoms with Gasteiger partial charge in [-0.3, -0.25) is 14.6 Å². The number of hydrogen-bond acceptors (Lipinski definition) is 7. The summed E-state index contributed by atoms with van der Waals surface area (Å²) in [5.74, 6) is -0.253. The Kier molecular flexibility index (Phi) is 6.39. The van der Waals surface area contributed by atoms with Gasteiger partial charge in [-0.2, -0.15) is 0 Å². The molecule has 0 spiro atoms. The number of hydrogen-bond donors (Lipinski definition) is 3. The molecule has 2 aliphatic rings. The second kappa shape index (κ2) is 10.00. The third-order valence-electron chi connectivity index (χ3n) is 6.87. The summed E-state index contributed by atoms with van der Waals surface area (Å²) in [6, 6.07) is 19.3. The Morgan fingerprint density at radius 3 is 2.68 bits per heavy atom. The van der Waals surface area contributed by atoms with Crippen molar-refractivity contribution in [3.63, 3.8) is 0 Å². The molecule has 1 aliphatic carbocycles. The van der Waals surface area contributed by atoms with Crippen LogP contribution in [-0.4, -0.2) is 46.5 Å². The molecule has 3 aromatic heterocycles. The molecule has 8 nitrogen and oxygen atoms in total. The highest BCUT2D eigenvalue weighted by molar-refractivity contribution is 7.17. The normalized spacial score (nSPS) is 15.2. The van der Waals surface area contributed by atoms with E-state index in [1.807, 2.05) is 53.4 Å². The van der Waals surface area contributed by atoms with Gasteiger partial charge in [0.1, 0.15) is 5.69 Å². The predicted molar refractivity (Wildman–Crippen MR) is 147 cm³/mol. The van der Waals surface area contributed by atoms with E-state index in [0.717, 1.165) is 45.0 Å². The lowest BCUT2D eigenvalue weighted by atomic mass is 10.1. The number of fused-ring (bicyclic) bond motifs is 3. The molecular weight excluding hydrogens is 498 g/mol. The van der Waals surface area contributed by atoms with E-state index in [-0.39, 0.29) is 11.8 Å². The number of carbonyl (C=O) groups excluding carboxylic acids is 2. The third kappa shape index (κ3) is 4.66. The van der Waals surface area contributed by atoms with Crippen LogP contribution in [0.15, 0.2) is 66.9 Å². The lowest BCUT2D eigenvalue weighted by molar-refractivity contribution is 0.0948. The summed E-state index contributed by atoms with van der Waals surface area (Å²) in [5, 5.41) is 17.2. The molecule has 0 radical (unpaired) electrons. The van der Waals surface area contributed by atoms with E-state index in [0.29, 0.717) is 36.1 Å². The van der Waals surface area contributed by atoms with Gasteiger partial charge in [0, 0.05) is 47.5 Å². The molecule has 1 saturated carbocycles. The first-order valence-corrected chi connectivity index (χ1v) is 13.5. The van der Waals surface area contributed by atoms with Gasteiger partial charge in [-0.1, -0.05) is 24.3 Å². The first kappa shape index (κ1) is 24.3. The first-order valence-electron chi connectivity index (χ1n) is 12.6. The van der Waals surface area contributed by atoms with Crippen molar-refractivity contribution in [2.75, 3.05) is 18.5 Å². The fourth-order valence-electron chi connectivity index (χ4n) is 4.69. The van der Waals surface area contributed by atoms with Crippen LogP contribution in [0.4, 0.5) is 5.69 Å². The van der Waals surface area contributed by atoms with Gasteiger partial charge < -0.3 is 20.6 Å². The van der Waals surface area contributed by atoms with Crippen molar-refractivity contribution in [1.29, 1.82) is 0 Å². The van der Waals surface area contributed by atoms with E-state index in [1.54, 1.807) is 25.4 Å². The number of nitrogens with zero attached hydrogens (tertiary/aromatic N) is 3. The van der Waals surface area contributed by atoms with Crippen LogP contribution >= 0.6 is 11.3 Å². The Morgan fingerprint density at radius 1 is 1.08 bits per heavy atom. The Labute approximate surface area is 224 Å². The number of benzene rings is 1. The van der Waals surface area contributed by atoms with Crippen LogP contribution in [0, 0.1) is 0 Å². The number of thiophene rings is 1. The summed E-state index contributed by atoms with van der Waals surface area (Å²) < 4.78 is 0. The molecule has 2 amide bonds. The average molecular weight is 526 g/mol. The van der Waals surface area contributed by atoms with Crippen LogP contribution in [0.5, 0.6) is 0 Å².